The van der Waals surface area contributed by atoms with Gasteiger partial charge in [-0.1, -0.05) is 13.8 Å². The minimum Gasteiger partial charge on any atom is -0.477 e. The van der Waals surface area contributed by atoms with E-state index in [0.717, 1.165) is 5.56 Å². The molecule has 0 amide bonds. The van der Waals surface area contributed by atoms with Crippen LogP contribution in [-0.4, -0.2) is 30.8 Å². The first-order chi connectivity index (χ1) is 8.08. The Bertz CT molecular complexity index is 548. The van der Waals surface area contributed by atoms with Gasteiger partial charge in [0.05, 0.1) is 6.20 Å². The molecule has 0 fully saturated rings. The SMILES string of the molecule is CC(C)c1cnn(-c2nccc(C(=O)O)n2)c1. The zero-order chi connectivity index (χ0) is 12.4. The maximum Gasteiger partial charge on any atom is 0.354 e. The van der Waals surface area contributed by atoms with Crippen LogP contribution < -0.4 is 0 Å². The summed E-state index contributed by atoms with van der Waals surface area (Å²) in [6.07, 6.45) is 4.93. The van der Waals surface area contributed by atoms with E-state index in [2.05, 4.69) is 28.9 Å². The number of carboxylic acid groups (broad SMARTS) is 1. The van der Waals surface area contributed by atoms with Gasteiger partial charge in [0.25, 0.3) is 5.95 Å². The van der Waals surface area contributed by atoms with Gasteiger partial charge in [-0.3, -0.25) is 0 Å². The van der Waals surface area contributed by atoms with Gasteiger partial charge >= 0.3 is 5.97 Å². The lowest BCUT2D eigenvalue weighted by molar-refractivity contribution is 0.0690. The fourth-order valence-electron chi connectivity index (χ4n) is 1.32. The zero-order valence-electron chi connectivity index (χ0n) is 9.53. The van der Waals surface area contributed by atoms with Crippen LogP contribution in [0.25, 0.3) is 5.95 Å². The Hall–Kier alpha value is -2.24. The number of nitrogens with zero attached hydrogens (tertiary/aromatic N) is 4. The van der Waals surface area contributed by atoms with E-state index in [9.17, 15) is 4.79 Å². The summed E-state index contributed by atoms with van der Waals surface area (Å²) in [4.78, 5) is 18.7. The fraction of sp³-hybridized carbons (Fsp3) is 0.273. The normalized spacial score (nSPS) is 10.8. The summed E-state index contributed by atoms with van der Waals surface area (Å²) in [5.74, 6) is -0.465. The van der Waals surface area contributed by atoms with Crippen molar-refractivity contribution < 1.29 is 9.90 Å². The minimum atomic E-state index is -1.08. The molecule has 0 atom stereocenters. The van der Waals surface area contributed by atoms with E-state index in [4.69, 9.17) is 5.11 Å². The number of carboxylic acids is 1. The smallest absolute Gasteiger partial charge is 0.354 e. The van der Waals surface area contributed by atoms with Gasteiger partial charge in [-0.25, -0.2) is 19.4 Å². The van der Waals surface area contributed by atoms with Gasteiger partial charge in [-0.05, 0) is 17.5 Å². The molecule has 0 aromatic carbocycles. The number of aromatic nitrogens is 4. The van der Waals surface area contributed by atoms with Crippen LogP contribution in [0.15, 0.2) is 24.7 Å². The lowest BCUT2D eigenvalue weighted by Crippen LogP contribution is -2.07. The highest BCUT2D eigenvalue weighted by Crippen LogP contribution is 2.13. The van der Waals surface area contributed by atoms with E-state index < -0.39 is 5.97 Å². The van der Waals surface area contributed by atoms with Gasteiger partial charge in [0.1, 0.15) is 0 Å². The molecule has 0 unspecified atom stereocenters. The Kier molecular flexibility index (Phi) is 2.86. The Balaban J connectivity index is 2.38. The van der Waals surface area contributed by atoms with Crippen LogP contribution in [0.4, 0.5) is 0 Å². The number of aromatic carboxylic acids is 1. The lowest BCUT2D eigenvalue weighted by Gasteiger charge is -2.00. The molecule has 0 aliphatic carbocycles. The Labute approximate surface area is 98.0 Å². The predicted molar refractivity (Wildman–Crippen MR) is 60.2 cm³/mol. The van der Waals surface area contributed by atoms with E-state index in [0.29, 0.717) is 5.92 Å². The molecule has 0 aliphatic heterocycles. The van der Waals surface area contributed by atoms with Crippen molar-refractivity contribution in [1.82, 2.24) is 19.7 Å². The van der Waals surface area contributed by atoms with E-state index in [1.54, 1.807) is 12.4 Å². The van der Waals surface area contributed by atoms with E-state index in [-0.39, 0.29) is 11.6 Å². The first-order valence-electron chi connectivity index (χ1n) is 5.19. The third-order valence-corrected chi connectivity index (χ3v) is 2.34. The number of hydrogen-bond acceptors (Lipinski definition) is 4. The third kappa shape index (κ3) is 2.30. The Morgan fingerprint density at radius 2 is 2.24 bits per heavy atom. The van der Waals surface area contributed by atoms with Gasteiger partial charge in [0, 0.05) is 12.4 Å². The van der Waals surface area contributed by atoms with Crippen LogP contribution >= 0.6 is 0 Å². The van der Waals surface area contributed by atoms with Crippen molar-refractivity contribution in [3.8, 4) is 5.95 Å². The van der Waals surface area contributed by atoms with Crippen molar-refractivity contribution in [2.75, 3.05) is 0 Å². The molecule has 0 spiro atoms. The van der Waals surface area contributed by atoms with Crippen molar-refractivity contribution in [3.63, 3.8) is 0 Å². The number of rotatable bonds is 3. The first-order valence-corrected chi connectivity index (χ1v) is 5.19. The van der Waals surface area contributed by atoms with Crippen LogP contribution in [0.2, 0.25) is 0 Å². The average molecular weight is 232 g/mol. The molecule has 0 bridgehead atoms. The fourth-order valence-corrected chi connectivity index (χ4v) is 1.32. The summed E-state index contributed by atoms with van der Waals surface area (Å²) >= 11 is 0. The quantitative estimate of drug-likeness (QED) is 0.866. The Morgan fingerprint density at radius 3 is 2.82 bits per heavy atom. The molecule has 6 heteroatoms. The number of carbonyl (C=O) groups is 1. The summed E-state index contributed by atoms with van der Waals surface area (Å²) in [5, 5.41) is 12.9. The van der Waals surface area contributed by atoms with Gasteiger partial charge in [-0.2, -0.15) is 5.10 Å². The molecule has 6 nitrogen and oxygen atoms in total. The molecule has 17 heavy (non-hydrogen) atoms. The summed E-state index contributed by atoms with van der Waals surface area (Å²) in [6.45, 7) is 4.10. The predicted octanol–water partition coefficient (Wildman–Crippen LogP) is 1.48. The second kappa shape index (κ2) is 4.32. The Morgan fingerprint density at radius 1 is 1.47 bits per heavy atom. The highest BCUT2D eigenvalue weighted by Gasteiger charge is 2.09. The van der Waals surface area contributed by atoms with Crippen LogP contribution in [0.5, 0.6) is 0 Å². The molecule has 2 aromatic heterocycles. The van der Waals surface area contributed by atoms with Crippen molar-refractivity contribution in [2.45, 2.75) is 19.8 Å². The van der Waals surface area contributed by atoms with Crippen molar-refractivity contribution in [3.05, 3.63) is 35.9 Å². The lowest BCUT2D eigenvalue weighted by atomic mass is 10.1. The molecular formula is C11H12N4O2. The van der Waals surface area contributed by atoms with Crippen LogP contribution in [0.3, 0.4) is 0 Å². The molecule has 0 radical (unpaired) electrons. The highest BCUT2D eigenvalue weighted by atomic mass is 16.4. The van der Waals surface area contributed by atoms with Crippen LogP contribution in [0.1, 0.15) is 35.8 Å². The monoisotopic (exact) mass is 232 g/mol. The molecule has 2 heterocycles. The van der Waals surface area contributed by atoms with E-state index >= 15 is 0 Å². The molecular weight excluding hydrogens is 220 g/mol. The molecule has 88 valence electrons. The molecule has 0 saturated carbocycles. The minimum absolute atomic E-state index is 0.0448. The second-order valence-electron chi connectivity index (χ2n) is 3.92. The van der Waals surface area contributed by atoms with Crippen molar-refractivity contribution in [2.24, 2.45) is 0 Å². The van der Waals surface area contributed by atoms with Crippen molar-refractivity contribution in [1.29, 1.82) is 0 Å². The van der Waals surface area contributed by atoms with E-state index in [1.165, 1.54) is 16.9 Å². The molecule has 2 rings (SSSR count). The number of hydrogen-bond donors (Lipinski definition) is 1. The third-order valence-electron chi connectivity index (χ3n) is 2.34. The zero-order valence-corrected chi connectivity index (χ0v) is 9.53. The van der Waals surface area contributed by atoms with Gasteiger partial charge in [-0.15, -0.1) is 0 Å². The van der Waals surface area contributed by atoms with Gasteiger partial charge in [0.15, 0.2) is 5.69 Å². The van der Waals surface area contributed by atoms with Crippen molar-refractivity contribution >= 4 is 5.97 Å². The molecule has 2 aromatic rings. The maximum absolute atomic E-state index is 10.8. The average Bonchev–Trinajstić information content (AvgIpc) is 2.78. The first kappa shape index (κ1) is 11.3. The highest BCUT2D eigenvalue weighted by molar-refractivity contribution is 5.85. The summed E-state index contributed by atoms with van der Waals surface area (Å²) in [5.41, 5.74) is 1.01. The molecule has 0 aliphatic rings. The standard InChI is InChI=1S/C11H12N4O2/c1-7(2)8-5-13-15(6-8)11-12-4-3-9(14-11)10(16)17/h3-7H,1-2H3,(H,16,17). The van der Waals surface area contributed by atoms with Crippen LogP contribution in [0, 0.1) is 0 Å². The van der Waals surface area contributed by atoms with Gasteiger partial charge in [0.2, 0.25) is 0 Å². The van der Waals surface area contributed by atoms with E-state index in [1.807, 2.05) is 0 Å². The summed E-state index contributed by atoms with van der Waals surface area (Å²) < 4.78 is 1.47. The van der Waals surface area contributed by atoms with Gasteiger partial charge < -0.3 is 5.11 Å². The summed E-state index contributed by atoms with van der Waals surface area (Å²) in [6, 6.07) is 1.35. The van der Waals surface area contributed by atoms with Crippen LogP contribution in [-0.2, 0) is 0 Å². The maximum atomic E-state index is 10.8. The second-order valence-corrected chi connectivity index (χ2v) is 3.92. The largest absolute Gasteiger partial charge is 0.477 e. The molecule has 1 N–H and O–H groups in total. The topological polar surface area (TPSA) is 80.9 Å². The summed E-state index contributed by atoms with van der Waals surface area (Å²) in [7, 11) is 0. The molecule has 0 saturated heterocycles.